The fourth-order valence-electron chi connectivity index (χ4n) is 1.71. The van der Waals surface area contributed by atoms with Gasteiger partial charge < -0.3 is 10.5 Å². The van der Waals surface area contributed by atoms with Crippen LogP contribution in [0.2, 0.25) is 0 Å². The molecule has 2 aromatic heterocycles. The summed E-state index contributed by atoms with van der Waals surface area (Å²) in [5.41, 5.74) is 8.13. The molecule has 2 aromatic rings. The van der Waals surface area contributed by atoms with Crippen LogP contribution >= 0.6 is 0 Å². The van der Waals surface area contributed by atoms with Crippen molar-refractivity contribution in [3.8, 4) is 5.75 Å². The molecule has 2 rings (SSSR count). The van der Waals surface area contributed by atoms with E-state index in [0.717, 1.165) is 16.9 Å². The van der Waals surface area contributed by atoms with Gasteiger partial charge in [-0.2, -0.15) is 0 Å². The van der Waals surface area contributed by atoms with Crippen molar-refractivity contribution >= 4 is 0 Å². The Bertz CT molecular complexity index is 499. The summed E-state index contributed by atoms with van der Waals surface area (Å²) in [6, 6.07) is 5.52. The Morgan fingerprint density at radius 2 is 1.78 bits per heavy atom. The molecule has 2 N–H and O–H groups in total. The van der Waals surface area contributed by atoms with Crippen LogP contribution in [-0.2, 0) is 0 Å². The molecule has 4 nitrogen and oxygen atoms in total. The van der Waals surface area contributed by atoms with Crippen LogP contribution in [-0.4, -0.2) is 16.1 Å². The lowest BCUT2D eigenvalue weighted by Crippen LogP contribution is -2.13. The number of aromatic nitrogens is 2. The standard InChI is InChI=1S/C14H17N3O/c1-10(2)18-13-7-12(8-17-9-13)14(15)11-3-5-16-6-4-11/h3-10,14H,15H2,1-2H3. The van der Waals surface area contributed by atoms with Gasteiger partial charge >= 0.3 is 0 Å². The molecule has 2 heterocycles. The SMILES string of the molecule is CC(C)Oc1cncc(C(N)c2ccncc2)c1. The van der Waals surface area contributed by atoms with E-state index in [0.29, 0.717) is 0 Å². The minimum atomic E-state index is -0.212. The average molecular weight is 243 g/mol. The first-order valence-electron chi connectivity index (χ1n) is 5.94. The van der Waals surface area contributed by atoms with Gasteiger partial charge in [-0.1, -0.05) is 0 Å². The predicted molar refractivity (Wildman–Crippen MR) is 70.3 cm³/mol. The van der Waals surface area contributed by atoms with Gasteiger partial charge in [0, 0.05) is 18.6 Å². The number of rotatable bonds is 4. The summed E-state index contributed by atoms with van der Waals surface area (Å²) in [6.07, 6.45) is 7.05. The third kappa shape index (κ3) is 3.05. The van der Waals surface area contributed by atoms with Crippen LogP contribution in [0, 0.1) is 0 Å². The summed E-state index contributed by atoms with van der Waals surface area (Å²) < 4.78 is 5.61. The van der Waals surface area contributed by atoms with Crippen molar-refractivity contribution in [3.05, 3.63) is 54.1 Å². The van der Waals surface area contributed by atoms with E-state index < -0.39 is 0 Å². The summed E-state index contributed by atoms with van der Waals surface area (Å²) in [6.45, 7) is 3.96. The van der Waals surface area contributed by atoms with Gasteiger partial charge in [-0.3, -0.25) is 9.97 Å². The number of pyridine rings is 2. The van der Waals surface area contributed by atoms with Crippen molar-refractivity contribution in [1.82, 2.24) is 9.97 Å². The minimum absolute atomic E-state index is 0.124. The summed E-state index contributed by atoms with van der Waals surface area (Å²) >= 11 is 0. The fourth-order valence-corrected chi connectivity index (χ4v) is 1.71. The van der Waals surface area contributed by atoms with Gasteiger partial charge in [-0.15, -0.1) is 0 Å². The lowest BCUT2D eigenvalue weighted by Gasteiger charge is -2.14. The predicted octanol–water partition coefficient (Wildman–Crippen LogP) is 2.31. The zero-order valence-corrected chi connectivity index (χ0v) is 10.6. The van der Waals surface area contributed by atoms with Crippen LogP contribution < -0.4 is 10.5 Å². The normalized spacial score (nSPS) is 12.4. The Labute approximate surface area is 107 Å². The van der Waals surface area contributed by atoms with Crippen LogP contribution in [0.1, 0.15) is 31.0 Å². The molecule has 0 spiro atoms. The van der Waals surface area contributed by atoms with Crippen LogP contribution in [0.25, 0.3) is 0 Å². The molecular weight excluding hydrogens is 226 g/mol. The van der Waals surface area contributed by atoms with Crippen LogP contribution in [0.5, 0.6) is 5.75 Å². The first-order chi connectivity index (χ1) is 8.66. The first kappa shape index (κ1) is 12.5. The highest BCUT2D eigenvalue weighted by molar-refractivity contribution is 5.32. The van der Waals surface area contributed by atoms with E-state index in [-0.39, 0.29) is 12.1 Å². The summed E-state index contributed by atoms with van der Waals surface area (Å²) in [4.78, 5) is 8.15. The highest BCUT2D eigenvalue weighted by Crippen LogP contribution is 2.22. The third-order valence-electron chi connectivity index (χ3n) is 2.53. The highest BCUT2D eigenvalue weighted by Gasteiger charge is 2.10. The van der Waals surface area contributed by atoms with E-state index in [1.807, 2.05) is 32.0 Å². The van der Waals surface area contributed by atoms with Gasteiger partial charge in [-0.05, 0) is 43.2 Å². The maximum absolute atomic E-state index is 6.19. The van der Waals surface area contributed by atoms with Gasteiger partial charge in [0.2, 0.25) is 0 Å². The molecule has 0 aliphatic carbocycles. The smallest absolute Gasteiger partial charge is 0.138 e. The largest absolute Gasteiger partial charge is 0.489 e. The zero-order chi connectivity index (χ0) is 13.0. The third-order valence-corrected chi connectivity index (χ3v) is 2.53. The Hall–Kier alpha value is -1.94. The Morgan fingerprint density at radius 3 is 2.44 bits per heavy atom. The summed E-state index contributed by atoms with van der Waals surface area (Å²) in [5.74, 6) is 0.743. The van der Waals surface area contributed by atoms with E-state index in [1.54, 1.807) is 24.8 Å². The lowest BCUT2D eigenvalue weighted by molar-refractivity contribution is 0.241. The molecule has 0 aromatic carbocycles. The van der Waals surface area contributed by atoms with Crippen molar-refractivity contribution in [2.45, 2.75) is 26.0 Å². The molecule has 0 radical (unpaired) electrons. The van der Waals surface area contributed by atoms with Gasteiger partial charge in [0.25, 0.3) is 0 Å². The lowest BCUT2D eigenvalue weighted by atomic mass is 10.0. The number of nitrogens with two attached hydrogens (primary N) is 1. The molecule has 0 bridgehead atoms. The quantitative estimate of drug-likeness (QED) is 0.895. The molecule has 94 valence electrons. The summed E-state index contributed by atoms with van der Waals surface area (Å²) in [5, 5.41) is 0. The molecule has 0 saturated carbocycles. The van der Waals surface area contributed by atoms with E-state index in [2.05, 4.69) is 9.97 Å². The van der Waals surface area contributed by atoms with Crippen LogP contribution in [0.3, 0.4) is 0 Å². The van der Waals surface area contributed by atoms with Gasteiger partial charge in [-0.25, -0.2) is 0 Å². The second kappa shape index (κ2) is 5.60. The van der Waals surface area contributed by atoms with E-state index in [9.17, 15) is 0 Å². The van der Waals surface area contributed by atoms with Crippen molar-refractivity contribution in [1.29, 1.82) is 0 Å². The molecule has 0 aliphatic rings. The van der Waals surface area contributed by atoms with Crippen LogP contribution in [0.15, 0.2) is 43.0 Å². The molecule has 0 saturated heterocycles. The first-order valence-corrected chi connectivity index (χ1v) is 5.94. The monoisotopic (exact) mass is 243 g/mol. The molecule has 18 heavy (non-hydrogen) atoms. The summed E-state index contributed by atoms with van der Waals surface area (Å²) in [7, 11) is 0. The number of ether oxygens (including phenoxy) is 1. The van der Waals surface area contributed by atoms with E-state index in [4.69, 9.17) is 10.5 Å². The molecular formula is C14H17N3O. The minimum Gasteiger partial charge on any atom is -0.489 e. The van der Waals surface area contributed by atoms with Crippen LogP contribution in [0.4, 0.5) is 0 Å². The van der Waals surface area contributed by atoms with Gasteiger partial charge in [0.1, 0.15) is 5.75 Å². The van der Waals surface area contributed by atoms with Gasteiger partial charge in [0.15, 0.2) is 0 Å². The van der Waals surface area contributed by atoms with E-state index in [1.165, 1.54) is 0 Å². The Kier molecular flexibility index (Phi) is 3.89. The Morgan fingerprint density at radius 1 is 1.06 bits per heavy atom. The van der Waals surface area contributed by atoms with Crippen molar-refractivity contribution in [3.63, 3.8) is 0 Å². The molecule has 0 amide bonds. The molecule has 1 atom stereocenters. The average Bonchev–Trinajstić information content (AvgIpc) is 2.38. The fraction of sp³-hybridized carbons (Fsp3) is 0.286. The number of hydrogen-bond donors (Lipinski definition) is 1. The number of hydrogen-bond acceptors (Lipinski definition) is 4. The molecule has 4 heteroatoms. The number of nitrogens with zero attached hydrogens (tertiary/aromatic N) is 2. The zero-order valence-electron chi connectivity index (χ0n) is 10.6. The highest BCUT2D eigenvalue weighted by atomic mass is 16.5. The molecule has 1 unspecified atom stereocenters. The van der Waals surface area contributed by atoms with E-state index >= 15 is 0 Å². The Balaban J connectivity index is 2.23. The van der Waals surface area contributed by atoms with Crippen molar-refractivity contribution in [2.24, 2.45) is 5.73 Å². The van der Waals surface area contributed by atoms with Gasteiger partial charge in [0.05, 0.1) is 18.3 Å². The topological polar surface area (TPSA) is 61.0 Å². The maximum atomic E-state index is 6.19. The maximum Gasteiger partial charge on any atom is 0.138 e. The van der Waals surface area contributed by atoms with Crippen molar-refractivity contribution < 1.29 is 4.74 Å². The van der Waals surface area contributed by atoms with Crippen molar-refractivity contribution in [2.75, 3.05) is 0 Å². The second-order valence-corrected chi connectivity index (χ2v) is 4.38. The molecule has 0 aliphatic heterocycles. The molecule has 0 fully saturated rings. The second-order valence-electron chi connectivity index (χ2n) is 4.38.